The molecule has 3 N–H and O–H groups in total. The van der Waals surface area contributed by atoms with Crippen LogP contribution < -0.4 is 20.7 Å². The van der Waals surface area contributed by atoms with Gasteiger partial charge in [0, 0.05) is 51.4 Å². The van der Waals surface area contributed by atoms with E-state index in [1.54, 1.807) is 31.0 Å². The third-order valence-corrected chi connectivity index (χ3v) is 8.17. The molecule has 11 nitrogen and oxygen atoms in total. The van der Waals surface area contributed by atoms with E-state index in [4.69, 9.17) is 25.0 Å². The lowest BCUT2D eigenvalue weighted by Crippen LogP contribution is -2.28. The zero-order valence-electron chi connectivity index (χ0n) is 25.5. The number of hydrogen-bond donors (Lipinski definition) is 2. The molecule has 13 heteroatoms. The van der Waals surface area contributed by atoms with Gasteiger partial charge in [-0.1, -0.05) is 24.3 Å². The number of benzene rings is 3. The summed E-state index contributed by atoms with van der Waals surface area (Å²) in [6, 6.07) is 16.1. The second-order valence-electron chi connectivity index (χ2n) is 10.9. The van der Waals surface area contributed by atoms with Crippen molar-refractivity contribution in [3.63, 3.8) is 0 Å². The Hall–Kier alpha value is -5.14. The Balaban J connectivity index is 1.24. The number of nitrogen functional groups attached to an aromatic ring is 1. The van der Waals surface area contributed by atoms with Crippen molar-refractivity contribution in [1.82, 2.24) is 25.1 Å². The molecule has 1 saturated heterocycles. The van der Waals surface area contributed by atoms with Gasteiger partial charge in [0.05, 0.1) is 29.4 Å². The number of hydrogen-bond acceptors (Lipinski definition) is 9. The second-order valence-corrected chi connectivity index (χ2v) is 10.9. The Morgan fingerprint density at radius 3 is 2.54 bits per heavy atom. The molecule has 46 heavy (non-hydrogen) atoms. The Bertz CT molecular complexity index is 1880. The molecule has 3 aromatic carbocycles. The van der Waals surface area contributed by atoms with Gasteiger partial charge in [-0.3, -0.25) is 4.79 Å². The first kappa shape index (κ1) is 30.9. The van der Waals surface area contributed by atoms with Gasteiger partial charge in [-0.2, -0.15) is 5.10 Å². The van der Waals surface area contributed by atoms with Crippen LogP contribution in [0.3, 0.4) is 0 Å². The van der Waals surface area contributed by atoms with E-state index in [0.717, 1.165) is 23.6 Å². The quantitative estimate of drug-likeness (QED) is 0.211. The SMILES string of the molecule is COc1ccc(F)cc1C(=O)NCc1ccc(-c2nn(-c3ccc(N4CC[C@H](C(OC)OC)C4)c(F)c3)c3ncnc(N)c23)cc1. The molecule has 1 aliphatic heterocycles. The zero-order chi connectivity index (χ0) is 32.4. The van der Waals surface area contributed by atoms with E-state index < -0.39 is 11.7 Å². The first-order chi connectivity index (χ1) is 22.3. The van der Waals surface area contributed by atoms with E-state index in [-0.39, 0.29) is 41.7 Å². The lowest BCUT2D eigenvalue weighted by atomic mass is 10.1. The molecule has 1 fully saturated rings. The molecule has 238 valence electrons. The predicted octanol–water partition coefficient (Wildman–Crippen LogP) is 4.73. The van der Waals surface area contributed by atoms with Crippen LogP contribution in [0.5, 0.6) is 5.75 Å². The van der Waals surface area contributed by atoms with Crippen LogP contribution in [0.25, 0.3) is 28.0 Å². The minimum atomic E-state index is -0.535. The molecule has 1 atom stereocenters. The normalized spacial score (nSPS) is 14.7. The highest BCUT2D eigenvalue weighted by Gasteiger charge is 2.31. The van der Waals surface area contributed by atoms with Crippen molar-refractivity contribution >= 4 is 28.4 Å². The van der Waals surface area contributed by atoms with Gasteiger partial charge in [0.25, 0.3) is 5.91 Å². The summed E-state index contributed by atoms with van der Waals surface area (Å²) in [5, 5.41) is 8.10. The molecule has 5 aromatic rings. The number of anilines is 2. The van der Waals surface area contributed by atoms with Crippen molar-refractivity contribution in [2.24, 2.45) is 5.92 Å². The van der Waals surface area contributed by atoms with Gasteiger partial charge in [0.1, 0.15) is 35.2 Å². The summed E-state index contributed by atoms with van der Waals surface area (Å²) in [5.74, 6) is -0.750. The maximum atomic E-state index is 15.6. The van der Waals surface area contributed by atoms with Gasteiger partial charge in [-0.05, 0) is 42.3 Å². The third-order valence-electron chi connectivity index (χ3n) is 8.17. The summed E-state index contributed by atoms with van der Waals surface area (Å²) in [6.45, 7) is 1.49. The van der Waals surface area contributed by atoms with E-state index in [0.29, 0.717) is 41.2 Å². The predicted molar refractivity (Wildman–Crippen MR) is 169 cm³/mol. The highest BCUT2D eigenvalue weighted by atomic mass is 19.1. The molecule has 0 spiro atoms. The van der Waals surface area contributed by atoms with Gasteiger partial charge < -0.3 is 30.2 Å². The number of methoxy groups -OCH3 is 3. The molecule has 0 radical (unpaired) electrons. The molecule has 3 heterocycles. The van der Waals surface area contributed by atoms with Crippen LogP contribution in [0, 0.1) is 17.6 Å². The monoisotopic (exact) mass is 629 g/mol. The van der Waals surface area contributed by atoms with Crippen LogP contribution in [0.1, 0.15) is 22.3 Å². The largest absolute Gasteiger partial charge is 0.496 e. The molecule has 1 aliphatic rings. The molecule has 0 unspecified atom stereocenters. The number of amides is 1. The maximum absolute atomic E-state index is 15.6. The van der Waals surface area contributed by atoms with E-state index >= 15 is 4.39 Å². The average Bonchev–Trinajstić information content (AvgIpc) is 3.71. The fourth-order valence-corrected chi connectivity index (χ4v) is 5.87. The third kappa shape index (κ3) is 5.94. The maximum Gasteiger partial charge on any atom is 0.255 e. The number of ether oxygens (including phenoxy) is 3. The standard InChI is InChI=1S/C33H33F2N7O4/c1-44-27-11-8-22(34)14-24(27)32(43)37-16-19-4-6-20(7-5-19)29-28-30(36)38-18-39-31(28)42(40-29)23-9-10-26(25(35)15-23)41-13-12-21(17-41)33(45-2)46-3/h4-11,14-15,18,21,33H,12-13,16-17H2,1-3H3,(H,37,43)(H2,36,38,39)/t21-/m0/s1. The minimum Gasteiger partial charge on any atom is -0.496 e. The lowest BCUT2D eigenvalue weighted by molar-refractivity contribution is -0.132. The Morgan fingerprint density at radius 1 is 1.04 bits per heavy atom. The first-order valence-electron chi connectivity index (χ1n) is 14.6. The smallest absolute Gasteiger partial charge is 0.255 e. The number of halogens is 2. The summed E-state index contributed by atoms with van der Waals surface area (Å²) in [7, 11) is 4.63. The van der Waals surface area contributed by atoms with E-state index in [1.165, 1.54) is 31.6 Å². The molecule has 0 bridgehead atoms. The van der Waals surface area contributed by atoms with Gasteiger partial charge >= 0.3 is 0 Å². The molecule has 2 aromatic heterocycles. The number of carbonyl (C=O) groups excluding carboxylic acids is 1. The molecular formula is C33H33F2N7O4. The Kier molecular flexibility index (Phi) is 8.77. The Morgan fingerprint density at radius 2 is 1.83 bits per heavy atom. The van der Waals surface area contributed by atoms with E-state index in [2.05, 4.69) is 15.3 Å². The van der Waals surface area contributed by atoms with Crippen molar-refractivity contribution in [1.29, 1.82) is 0 Å². The van der Waals surface area contributed by atoms with Crippen LogP contribution in [-0.4, -0.2) is 66.4 Å². The van der Waals surface area contributed by atoms with E-state index in [9.17, 15) is 9.18 Å². The summed E-state index contributed by atoms with van der Waals surface area (Å²) in [4.78, 5) is 23.3. The van der Waals surface area contributed by atoms with Crippen LogP contribution in [0.4, 0.5) is 20.3 Å². The Labute approximate surface area is 263 Å². The zero-order valence-corrected chi connectivity index (χ0v) is 25.5. The average molecular weight is 630 g/mol. The topological polar surface area (TPSA) is 130 Å². The van der Waals surface area contributed by atoms with Crippen LogP contribution in [-0.2, 0) is 16.0 Å². The number of carbonyl (C=O) groups is 1. The highest BCUT2D eigenvalue weighted by Crippen LogP contribution is 2.34. The number of nitrogens with zero attached hydrogens (tertiary/aromatic N) is 5. The number of nitrogens with one attached hydrogen (secondary N) is 1. The van der Waals surface area contributed by atoms with Crippen LogP contribution in [0.2, 0.25) is 0 Å². The van der Waals surface area contributed by atoms with Crippen LogP contribution in [0.15, 0.2) is 67.0 Å². The van der Waals surface area contributed by atoms with Crippen molar-refractivity contribution in [2.45, 2.75) is 19.3 Å². The van der Waals surface area contributed by atoms with Crippen molar-refractivity contribution in [3.05, 3.63) is 89.8 Å². The van der Waals surface area contributed by atoms with Crippen molar-refractivity contribution < 1.29 is 27.8 Å². The van der Waals surface area contributed by atoms with Gasteiger partial charge in [-0.25, -0.2) is 23.4 Å². The van der Waals surface area contributed by atoms with E-state index in [1.807, 2.05) is 29.2 Å². The molecule has 6 rings (SSSR count). The number of aromatic nitrogens is 4. The summed E-state index contributed by atoms with van der Waals surface area (Å²) < 4.78 is 46.9. The minimum absolute atomic E-state index is 0.103. The molecule has 0 saturated carbocycles. The van der Waals surface area contributed by atoms with Gasteiger partial charge in [-0.15, -0.1) is 0 Å². The fraction of sp³-hybridized carbons (Fsp3) is 0.273. The van der Waals surface area contributed by atoms with Gasteiger partial charge in [0.15, 0.2) is 11.9 Å². The molecular weight excluding hydrogens is 596 g/mol. The fourth-order valence-electron chi connectivity index (χ4n) is 5.87. The highest BCUT2D eigenvalue weighted by molar-refractivity contribution is 5.99. The molecule has 0 aliphatic carbocycles. The number of rotatable bonds is 10. The van der Waals surface area contributed by atoms with Crippen LogP contribution >= 0.6 is 0 Å². The van der Waals surface area contributed by atoms with Gasteiger partial charge in [0.2, 0.25) is 0 Å². The molecule has 1 amide bonds. The van der Waals surface area contributed by atoms with Crippen molar-refractivity contribution in [2.75, 3.05) is 45.1 Å². The number of fused-ring (bicyclic) bond motifs is 1. The lowest BCUT2D eigenvalue weighted by Gasteiger charge is -2.23. The number of nitrogens with two attached hydrogens (primary N) is 1. The summed E-state index contributed by atoms with van der Waals surface area (Å²) in [5.41, 5.74) is 9.83. The second kappa shape index (κ2) is 13.1. The first-order valence-corrected chi connectivity index (χ1v) is 14.6. The summed E-state index contributed by atoms with van der Waals surface area (Å²) in [6.07, 6.45) is 1.82. The van der Waals surface area contributed by atoms with Crippen molar-refractivity contribution in [3.8, 4) is 22.7 Å². The summed E-state index contributed by atoms with van der Waals surface area (Å²) >= 11 is 0.